The number of nitrogens with zero attached hydrogens (tertiary/aromatic N) is 1. The molecule has 21 heavy (non-hydrogen) atoms. The van der Waals surface area contributed by atoms with E-state index in [0.717, 1.165) is 31.2 Å². The molecular weight excluding hydrogens is 366 g/mol. The molecule has 3 aromatic rings. The minimum absolute atomic E-state index is 0.733. The van der Waals surface area contributed by atoms with Gasteiger partial charge in [-0.05, 0) is 57.6 Å². The molecule has 0 spiro atoms. The van der Waals surface area contributed by atoms with E-state index in [2.05, 4.69) is 32.8 Å². The van der Waals surface area contributed by atoms with Crippen molar-refractivity contribution in [2.45, 2.75) is 0 Å². The summed E-state index contributed by atoms with van der Waals surface area (Å²) in [5.41, 5.74) is 2.90. The molecule has 0 atom stereocenters. The van der Waals surface area contributed by atoms with E-state index >= 15 is 0 Å². The van der Waals surface area contributed by atoms with Gasteiger partial charge in [-0.1, -0.05) is 29.8 Å². The molecule has 0 saturated carbocycles. The summed E-state index contributed by atoms with van der Waals surface area (Å²) in [5, 5.41) is 2.75. The van der Waals surface area contributed by atoms with Crippen LogP contribution >= 0.6 is 38.9 Å². The second-order valence-electron chi connectivity index (χ2n) is 4.32. The Labute approximate surface area is 140 Å². The third-order valence-electron chi connectivity index (χ3n) is 2.82. The van der Waals surface area contributed by atoms with Crippen LogP contribution in [0.3, 0.4) is 0 Å². The van der Waals surface area contributed by atoms with E-state index < -0.39 is 0 Å². The van der Waals surface area contributed by atoms with Crippen molar-refractivity contribution in [1.29, 1.82) is 0 Å². The Bertz CT molecular complexity index is 810. The first kappa shape index (κ1) is 14.3. The summed E-state index contributed by atoms with van der Waals surface area (Å²) >= 11 is 10.9. The van der Waals surface area contributed by atoms with Gasteiger partial charge in [-0.15, -0.1) is 11.3 Å². The third kappa shape index (κ3) is 3.74. The van der Waals surface area contributed by atoms with E-state index in [1.165, 1.54) is 0 Å². The van der Waals surface area contributed by atoms with Crippen molar-refractivity contribution in [3.63, 3.8) is 0 Å². The Morgan fingerprint density at radius 2 is 1.76 bits per heavy atom. The van der Waals surface area contributed by atoms with Crippen LogP contribution in [0.1, 0.15) is 10.6 Å². The molecule has 2 aromatic heterocycles. The Hall–Kier alpha value is -1.60. The molecule has 0 fully saturated rings. The highest BCUT2D eigenvalue weighted by Crippen LogP contribution is 2.21. The number of thiophene rings is 1. The summed E-state index contributed by atoms with van der Waals surface area (Å²) in [6.07, 6.45) is 1.83. The molecular formula is C17H9BrClNS. The Kier molecular flexibility index (Phi) is 4.40. The Morgan fingerprint density at radius 3 is 2.38 bits per heavy atom. The van der Waals surface area contributed by atoms with Crippen LogP contribution in [0.4, 0.5) is 0 Å². The SMILES string of the molecule is Clc1ccc(-c2ccc(C#Cc3cc(Br)cs3)nc2)cc1. The average Bonchev–Trinajstić information content (AvgIpc) is 2.92. The van der Waals surface area contributed by atoms with E-state index in [9.17, 15) is 0 Å². The van der Waals surface area contributed by atoms with Crippen molar-refractivity contribution in [1.82, 2.24) is 4.98 Å². The normalized spacial score (nSPS) is 10.0. The van der Waals surface area contributed by atoms with Gasteiger partial charge in [-0.25, -0.2) is 4.98 Å². The van der Waals surface area contributed by atoms with Crippen molar-refractivity contribution in [3.05, 3.63) is 74.1 Å². The van der Waals surface area contributed by atoms with E-state index in [4.69, 9.17) is 11.6 Å². The Morgan fingerprint density at radius 1 is 1.00 bits per heavy atom. The standard InChI is InChI=1S/C17H9BrClNS/c18-14-9-17(21-11-14)8-7-16-6-3-13(10-20-16)12-1-4-15(19)5-2-12/h1-6,9-11H. The van der Waals surface area contributed by atoms with E-state index in [0.29, 0.717) is 0 Å². The zero-order chi connectivity index (χ0) is 14.7. The van der Waals surface area contributed by atoms with Gasteiger partial charge < -0.3 is 0 Å². The fourth-order valence-corrected chi connectivity index (χ4v) is 3.18. The highest BCUT2D eigenvalue weighted by atomic mass is 79.9. The summed E-state index contributed by atoms with van der Waals surface area (Å²) in [4.78, 5) is 5.40. The highest BCUT2D eigenvalue weighted by molar-refractivity contribution is 9.10. The Balaban J connectivity index is 1.81. The summed E-state index contributed by atoms with van der Waals surface area (Å²) < 4.78 is 1.06. The molecule has 0 bridgehead atoms. The summed E-state index contributed by atoms with van der Waals surface area (Å²) in [6, 6.07) is 13.7. The second kappa shape index (κ2) is 6.44. The van der Waals surface area contributed by atoms with Gasteiger partial charge >= 0.3 is 0 Å². The number of benzene rings is 1. The quantitative estimate of drug-likeness (QED) is 0.503. The van der Waals surface area contributed by atoms with Crippen LogP contribution in [0.5, 0.6) is 0 Å². The van der Waals surface area contributed by atoms with Crippen LogP contribution in [0.25, 0.3) is 11.1 Å². The lowest BCUT2D eigenvalue weighted by molar-refractivity contribution is 1.29. The third-order valence-corrected chi connectivity index (χ3v) is 4.68. The minimum Gasteiger partial charge on any atom is -0.247 e. The molecule has 0 amide bonds. The van der Waals surface area contributed by atoms with Crippen LogP contribution in [0.15, 0.2) is 58.5 Å². The molecule has 4 heteroatoms. The van der Waals surface area contributed by atoms with Crippen LogP contribution in [0, 0.1) is 11.8 Å². The number of aromatic nitrogens is 1. The van der Waals surface area contributed by atoms with Crippen molar-refractivity contribution in [2.75, 3.05) is 0 Å². The van der Waals surface area contributed by atoms with Gasteiger partial charge in [0.05, 0.1) is 4.88 Å². The first-order chi connectivity index (χ1) is 10.2. The summed E-state index contributed by atoms with van der Waals surface area (Å²) in [6.45, 7) is 0. The fourth-order valence-electron chi connectivity index (χ4n) is 1.79. The first-order valence-electron chi connectivity index (χ1n) is 6.19. The maximum absolute atomic E-state index is 5.89. The van der Waals surface area contributed by atoms with Crippen molar-refractivity contribution >= 4 is 38.9 Å². The molecule has 0 aliphatic rings. The van der Waals surface area contributed by atoms with Gasteiger partial charge in [-0.3, -0.25) is 0 Å². The number of hydrogen-bond donors (Lipinski definition) is 0. The number of pyridine rings is 1. The van der Waals surface area contributed by atoms with Crippen LogP contribution < -0.4 is 0 Å². The van der Waals surface area contributed by atoms with Crippen LogP contribution in [-0.2, 0) is 0 Å². The van der Waals surface area contributed by atoms with Gasteiger partial charge in [0.15, 0.2) is 0 Å². The molecule has 1 nitrogen and oxygen atoms in total. The lowest BCUT2D eigenvalue weighted by Crippen LogP contribution is -1.84. The molecule has 0 unspecified atom stereocenters. The molecule has 1 aromatic carbocycles. The predicted octanol–water partition coefficient (Wildman–Crippen LogP) is 5.63. The number of halogens is 2. The minimum atomic E-state index is 0.733. The van der Waals surface area contributed by atoms with Crippen LogP contribution in [-0.4, -0.2) is 4.98 Å². The van der Waals surface area contributed by atoms with E-state index in [1.807, 2.05) is 54.0 Å². The lowest BCUT2D eigenvalue weighted by Gasteiger charge is -2.01. The largest absolute Gasteiger partial charge is 0.247 e. The molecule has 0 N–H and O–H groups in total. The van der Waals surface area contributed by atoms with E-state index in [-0.39, 0.29) is 0 Å². The van der Waals surface area contributed by atoms with Crippen LogP contribution in [0.2, 0.25) is 5.02 Å². The van der Waals surface area contributed by atoms with Crippen molar-refractivity contribution < 1.29 is 0 Å². The smallest absolute Gasteiger partial charge is 0.113 e. The molecule has 2 heterocycles. The van der Waals surface area contributed by atoms with E-state index in [1.54, 1.807) is 11.3 Å². The van der Waals surface area contributed by atoms with Gasteiger partial charge in [0.2, 0.25) is 0 Å². The topological polar surface area (TPSA) is 12.9 Å². The summed E-state index contributed by atoms with van der Waals surface area (Å²) in [7, 11) is 0. The highest BCUT2D eigenvalue weighted by Gasteiger charge is 1.98. The second-order valence-corrected chi connectivity index (χ2v) is 6.58. The number of hydrogen-bond acceptors (Lipinski definition) is 2. The van der Waals surface area contributed by atoms with Gasteiger partial charge in [0.1, 0.15) is 5.69 Å². The molecule has 0 aliphatic heterocycles. The van der Waals surface area contributed by atoms with Gasteiger partial charge in [-0.2, -0.15) is 0 Å². The predicted molar refractivity (Wildman–Crippen MR) is 92.7 cm³/mol. The van der Waals surface area contributed by atoms with Gasteiger partial charge in [0.25, 0.3) is 0 Å². The van der Waals surface area contributed by atoms with Crippen molar-refractivity contribution in [3.8, 4) is 23.0 Å². The molecule has 0 saturated heterocycles. The van der Waals surface area contributed by atoms with Crippen molar-refractivity contribution in [2.24, 2.45) is 0 Å². The van der Waals surface area contributed by atoms with Gasteiger partial charge in [0, 0.05) is 26.6 Å². The lowest BCUT2D eigenvalue weighted by atomic mass is 10.1. The molecule has 0 aliphatic carbocycles. The molecule has 3 rings (SSSR count). The summed E-state index contributed by atoms with van der Waals surface area (Å²) in [5.74, 6) is 6.18. The number of rotatable bonds is 1. The maximum Gasteiger partial charge on any atom is 0.113 e. The zero-order valence-electron chi connectivity index (χ0n) is 10.8. The molecule has 102 valence electrons. The monoisotopic (exact) mass is 373 g/mol. The average molecular weight is 375 g/mol. The first-order valence-corrected chi connectivity index (χ1v) is 8.24. The zero-order valence-corrected chi connectivity index (χ0v) is 14.0. The fraction of sp³-hybridized carbons (Fsp3) is 0. The molecule has 0 radical (unpaired) electrons. The maximum atomic E-state index is 5.89.